The number of rotatable bonds is 2. The molecule has 64 valence electrons. The Hall–Kier alpha value is 0.480. The molecule has 0 radical (unpaired) electrons. The van der Waals surface area contributed by atoms with Crippen molar-refractivity contribution in [2.75, 3.05) is 5.33 Å². The van der Waals surface area contributed by atoms with Crippen LogP contribution in [0.5, 0.6) is 0 Å². The van der Waals surface area contributed by atoms with Crippen molar-refractivity contribution in [2.24, 2.45) is 10.8 Å². The fourth-order valence-electron chi connectivity index (χ4n) is 3.01. The zero-order chi connectivity index (χ0) is 7.95. The molecule has 0 heterocycles. The average Bonchev–Trinajstić information content (AvgIpc) is 1.85. The van der Waals surface area contributed by atoms with Gasteiger partial charge in [-0.1, -0.05) is 29.3 Å². The highest BCUT2D eigenvalue weighted by atomic mass is 79.9. The van der Waals surface area contributed by atoms with Crippen LogP contribution >= 0.6 is 15.9 Å². The second-order valence-electron chi connectivity index (χ2n) is 4.69. The standard InChI is InChI=1S/C10H17Br/c1-2-9(8-11)6-10(7-9)4-3-5-10/h2-8H2,1H3. The lowest BCUT2D eigenvalue weighted by Gasteiger charge is -2.61. The van der Waals surface area contributed by atoms with E-state index in [9.17, 15) is 0 Å². The third-order valence-corrected chi connectivity index (χ3v) is 5.14. The van der Waals surface area contributed by atoms with Gasteiger partial charge in [-0.2, -0.15) is 0 Å². The van der Waals surface area contributed by atoms with Crippen molar-refractivity contribution < 1.29 is 0 Å². The van der Waals surface area contributed by atoms with Crippen LogP contribution in [0.2, 0.25) is 0 Å². The predicted octanol–water partition coefficient (Wildman–Crippen LogP) is 3.74. The summed E-state index contributed by atoms with van der Waals surface area (Å²) in [7, 11) is 0. The maximum absolute atomic E-state index is 3.65. The van der Waals surface area contributed by atoms with Crippen molar-refractivity contribution >= 4 is 15.9 Å². The summed E-state index contributed by atoms with van der Waals surface area (Å²) in [4.78, 5) is 0. The molecule has 2 aliphatic rings. The Morgan fingerprint density at radius 1 is 1.27 bits per heavy atom. The lowest BCUT2D eigenvalue weighted by atomic mass is 9.45. The Morgan fingerprint density at radius 3 is 2.18 bits per heavy atom. The van der Waals surface area contributed by atoms with Gasteiger partial charge in [0.1, 0.15) is 0 Å². The third kappa shape index (κ3) is 1.07. The zero-order valence-electron chi connectivity index (χ0n) is 7.33. The maximum atomic E-state index is 3.65. The number of halogens is 1. The van der Waals surface area contributed by atoms with Gasteiger partial charge in [0.25, 0.3) is 0 Å². The molecule has 0 aromatic carbocycles. The van der Waals surface area contributed by atoms with Crippen LogP contribution in [0.1, 0.15) is 45.4 Å². The third-order valence-electron chi connectivity index (χ3n) is 3.95. The summed E-state index contributed by atoms with van der Waals surface area (Å²) in [5.74, 6) is 0. The van der Waals surface area contributed by atoms with Gasteiger partial charge >= 0.3 is 0 Å². The minimum atomic E-state index is 0.709. The van der Waals surface area contributed by atoms with Gasteiger partial charge in [0.15, 0.2) is 0 Å². The average molecular weight is 217 g/mol. The summed E-state index contributed by atoms with van der Waals surface area (Å²) < 4.78 is 0. The summed E-state index contributed by atoms with van der Waals surface area (Å²) in [6, 6.07) is 0. The lowest BCUT2D eigenvalue weighted by Crippen LogP contribution is -2.51. The van der Waals surface area contributed by atoms with E-state index in [1.54, 1.807) is 0 Å². The molecule has 0 atom stereocenters. The quantitative estimate of drug-likeness (QED) is 0.618. The Balaban J connectivity index is 1.93. The maximum Gasteiger partial charge on any atom is 0.00882 e. The Labute approximate surface area is 77.9 Å². The summed E-state index contributed by atoms with van der Waals surface area (Å²) in [6.07, 6.45) is 8.97. The molecule has 0 aromatic rings. The molecule has 0 nitrogen and oxygen atoms in total. The number of hydrogen-bond donors (Lipinski definition) is 0. The molecular formula is C10H17Br. The van der Waals surface area contributed by atoms with Crippen LogP contribution in [-0.4, -0.2) is 5.33 Å². The van der Waals surface area contributed by atoms with E-state index in [1.165, 1.54) is 43.9 Å². The van der Waals surface area contributed by atoms with E-state index in [0.717, 1.165) is 5.41 Å². The molecule has 0 N–H and O–H groups in total. The molecule has 2 rings (SSSR count). The van der Waals surface area contributed by atoms with E-state index in [4.69, 9.17) is 0 Å². The first-order chi connectivity index (χ1) is 5.24. The smallest absolute Gasteiger partial charge is 0.00882 e. The van der Waals surface area contributed by atoms with Crippen LogP contribution in [0.3, 0.4) is 0 Å². The van der Waals surface area contributed by atoms with E-state index < -0.39 is 0 Å². The monoisotopic (exact) mass is 216 g/mol. The number of alkyl halides is 1. The molecule has 0 aromatic heterocycles. The normalized spacial score (nSPS) is 31.1. The fraction of sp³-hybridized carbons (Fsp3) is 1.00. The molecule has 2 aliphatic carbocycles. The van der Waals surface area contributed by atoms with E-state index in [1.807, 2.05) is 0 Å². The van der Waals surface area contributed by atoms with Crippen molar-refractivity contribution in [1.29, 1.82) is 0 Å². The van der Waals surface area contributed by atoms with Crippen LogP contribution in [0.4, 0.5) is 0 Å². The molecule has 2 saturated carbocycles. The van der Waals surface area contributed by atoms with Crippen LogP contribution in [0, 0.1) is 10.8 Å². The molecule has 1 heteroatoms. The summed E-state index contributed by atoms with van der Waals surface area (Å²) in [5, 5.41) is 1.23. The van der Waals surface area contributed by atoms with Crippen LogP contribution in [0.25, 0.3) is 0 Å². The van der Waals surface area contributed by atoms with E-state index in [0.29, 0.717) is 5.41 Å². The van der Waals surface area contributed by atoms with Crippen molar-refractivity contribution in [1.82, 2.24) is 0 Å². The van der Waals surface area contributed by atoms with Crippen LogP contribution in [-0.2, 0) is 0 Å². The Kier molecular flexibility index (Phi) is 1.83. The minimum Gasteiger partial charge on any atom is -0.0922 e. The summed E-state index contributed by atoms with van der Waals surface area (Å²) in [5.41, 5.74) is 1.56. The Morgan fingerprint density at radius 2 is 1.91 bits per heavy atom. The molecule has 1 spiro atoms. The van der Waals surface area contributed by atoms with Gasteiger partial charge in [0.05, 0.1) is 0 Å². The van der Waals surface area contributed by atoms with Crippen molar-refractivity contribution in [3.05, 3.63) is 0 Å². The van der Waals surface area contributed by atoms with Gasteiger partial charge in [-0.25, -0.2) is 0 Å². The highest BCUT2D eigenvalue weighted by Crippen LogP contribution is 2.65. The van der Waals surface area contributed by atoms with Crippen LogP contribution < -0.4 is 0 Å². The zero-order valence-corrected chi connectivity index (χ0v) is 8.91. The Bertz CT molecular complexity index is 144. The topological polar surface area (TPSA) is 0 Å². The first-order valence-electron chi connectivity index (χ1n) is 4.80. The second-order valence-corrected chi connectivity index (χ2v) is 5.26. The van der Waals surface area contributed by atoms with Gasteiger partial charge in [-0.3, -0.25) is 0 Å². The van der Waals surface area contributed by atoms with E-state index in [2.05, 4.69) is 22.9 Å². The van der Waals surface area contributed by atoms with Crippen molar-refractivity contribution in [3.63, 3.8) is 0 Å². The summed E-state index contributed by atoms with van der Waals surface area (Å²) in [6.45, 7) is 2.34. The molecule has 2 fully saturated rings. The van der Waals surface area contributed by atoms with Crippen LogP contribution in [0.15, 0.2) is 0 Å². The fourth-order valence-corrected chi connectivity index (χ4v) is 3.80. The summed E-state index contributed by atoms with van der Waals surface area (Å²) >= 11 is 3.65. The molecule has 0 bridgehead atoms. The van der Waals surface area contributed by atoms with Gasteiger partial charge in [0.2, 0.25) is 0 Å². The molecule has 0 aliphatic heterocycles. The number of hydrogen-bond acceptors (Lipinski definition) is 0. The van der Waals surface area contributed by atoms with Crippen molar-refractivity contribution in [2.45, 2.75) is 45.4 Å². The van der Waals surface area contributed by atoms with E-state index in [-0.39, 0.29) is 0 Å². The second kappa shape index (κ2) is 2.48. The SMILES string of the molecule is CCC1(CBr)CC2(CCC2)C1. The largest absolute Gasteiger partial charge is 0.0922 e. The van der Waals surface area contributed by atoms with Gasteiger partial charge in [-0.05, 0) is 42.9 Å². The van der Waals surface area contributed by atoms with Gasteiger partial charge < -0.3 is 0 Å². The minimum absolute atomic E-state index is 0.709. The lowest BCUT2D eigenvalue weighted by molar-refractivity contribution is -0.0840. The van der Waals surface area contributed by atoms with Gasteiger partial charge in [-0.15, -0.1) is 0 Å². The first-order valence-corrected chi connectivity index (χ1v) is 5.92. The molecule has 0 unspecified atom stereocenters. The van der Waals surface area contributed by atoms with Crippen molar-refractivity contribution in [3.8, 4) is 0 Å². The van der Waals surface area contributed by atoms with Gasteiger partial charge in [0, 0.05) is 5.33 Å². The highest BCUT2D eigenvalue weighted by molar-refractivity contribution is 9.09. The predicted molar refractivity (Wildman–Crippen MR) is 52.0 cm³/mol. The van der Waals surface area contributed by atoms with E-state index >= 15 is 0 Å². The molecule has 0 amide bonds. The highest BCUT2D eigenvalue weighted by Gasteiger charge is 2.55. The molecule has 0 saturated heterocycles. The molecule has 11 heavy (non-hydrogen) atoms. The first kappa shape index (κ1) is 8.10. The molecular weight excluding hydrogens is 200 g/mol.